The smallest absolute Gasteiger partial charge is 0.165 e. The molecule has 58 valence electrons. The number of aromatic nitrogens is 2. The van der Waals surface area contributed by atoms with Crippen LogP contribution in [-0.2, 0) is 12.8 Å². The molecule has 0 aliphatic rings. The van der Waals surface area contributed by atoms with Gasteiger partial charge in [-0.25, -0.2) is 0 Å². The molecule has 0 aliphatic heterocycles. The van der Waals surface area contributed by atoms with Gasteiger partial charge in [-0.1, -0.05) is 13.8 Å². The van der Waals surface area contributed by atoms with Gasteiger partial charge in [0.2, 0.25) is 0 Å². The lowest BCUT2D eigenvalue weighted by atomic mass is 10.1. The normalized spacial score (nSPS) is 9.55. The minimum Gasteiger partial charge on any atom is -0.281 e. The van der Waals surface area contributed by atoms with Crippen molar-refractivity contribution >= 4 is 0 Å². The molecule has 0 atom stereocenters. The molecule has 0 saturated heterocycles. The Morgan fingerprint density at radius 1 is 1.45 bits per heavy atom. The SMILES string of the molecule is CCc1[nH]nc(C#N)c1CC. The van der Waals surface area contributed by atoms with E-state index in [0.29, 0.717) is 5.69 Å². The fourth-order valence-corrected chi connectivity index (χ4v) is 1.17. The van der Waals surface area contributed by atoms with Crippen LogP contribution in [0.4, 0.5) is 0 Å². The third-order valence-corrected chi connectivity index (χ3v) is 1.77. The largest absolute Gasteiger partial charge is 0.281 e. The molecule has 1 rings (SSSR count). The van der Waals surface area contributed by atoms with E-state index in [0.717, 1.165) is 24.1 Å². The molecule has 3 nitrogen and oxygen atoms in total. The molecule has 0 aromatic carbocycles. The number of H-pyrrole nitrogens is 1. The Labute approximate surface area is 66.0 Å². The Morgan fingerprint density at radius 3 is 2.64 bits per heavy atom. The highest BCUT2D eigenvalue weighted by atomic mass is 15.1. The van der Waals surface area contributed by atoms with Crippen molar-refractivity contribution in [1.82, 2.24) is 10.2 Å². The summed E-state index contributed by atoms with van der Waals surface area (Å²) in [6.45, 7) is 4.08. The lowest BCUT2D eigenvalue weighted by Gasteiger charge is -1.93. The van der Waals surface area contributed by atoms with E-state index >= 15 is 0 Å². The first-order chi connectivity index (χ1) is 5.33. The number of nitriles is 1. The number of hydrogen-bond acceptors (Lipinski definition) is 2. The van der Waals surface area contributed by atoms with E-state index in [-0.39, 0.29) is 0 Å². The Kier molecular flexibility index (Phi) is 2.27. The van der Waals surface area contributed by atoms with Crippen molar-refractivity contribution < 1.29 is 0 Å². The molecule has 0 aliphatic carbocycles. The van der Waals surface area contributed by atoms with E-state index in [2.05, 4.69) is 16.3 Å². The average Bonchev–Trinajstić information content (AvgIpc) is 2.45. The quantitative estimate of drug-likeness (QED) is 0.691. The average molecular weight is 149 g/mol. The highest BCUT2D eigenvalue weighted by Gasteiger charge is 2.07. The van der Waals surface area contributed by atoms with Crippen molar-refractivity contribution in [2.75, 3.05) is 0 Å². The van der Waals surface area contributed by atoms with Crippen LogP contribution in [0.15, 0.2) is 0 Å². The van der Waals surface area contributed by atoms with Crippen molar-refractivity contribution in [3.05, 3.63) is 17.0 Å². The van der Waals surface area contributed by atoms with E-state index < -0.39 is 0 Å². The third kappa shape index (κ3) is 1.25. The monoisotopic (exact) mass is 149 g/mol. The van der Waals surface area contributed by atoms with E-state index in [1.165, 1.54) is 0 Å². The number of aromatic amines is 1. The van der Waals surface area contributed by atoms with Crippen LogP contribution in [0.25, 0.3) is 0 Å². The Bertz CT molecular complexity index is 280. The van der Waals surface area contributed by atoms with Crippen molar-refractivity contribution in [2.24, 2.45) is 0 Å². The van der Waals surface area contributed by atoms with Crippen molar-refractivity contribution in [3.8, 4) is 6.07 Å². The lowest BCUT2D eigenvalue weighted by molar-refractivity contribution is 0.955. The molecule has 1 N–H and O–H groups in total. The summed E-state index contributed by atoms with van der Waals surface area (Å²) in [5.41, 5.74) is 2.70. The van der Waals surface area contributed by atoms with Gasteiger partial charge < -0.3 is 0 Å². The minimum absolute atomic E-state index is 0.546. The van der Waals surface area contributed by atoms with Crippen LogP contribution >= 0.6 is 0 Å². The van der Waals surface area contributed by atoms with Crippen LogP contribution in [0.5, 0.6) is 0 Å². The van der Waals surface area contributed by atoms with Crippen molar-refractivity contribution in [3.63, 3.8) is 0 Å². The van der Waals surface area contributed by atoms with E-state index in [9.17, 15) is 0 Å². The number of nitrogens with one attached hydrogen (secondary N) is 1. The van der Waals surface area contributed by atoms with Crippen molar-refractivity contribution in [1.29, 1.82) is 5.26 Å². The van der Waals surface area contributed by atoms with Crippen LogP contribution < -0.4 is 0 Å². The first-order valence-electron chi connectivity index (χ1n) is 3.79. The first kappa shape index (κ1) is 7.80. The van der Waals surface area contributed by atoms with Gasteiger partial charge >= 0.3 is 0 Å². The minimum atomic E-state index is 0.546. The van der Waals surface area contributed by atoms with E-state index in [4.69, 9.17) is 5.26 Å². The summed E-state index contributed by atoms with van der Waals surface area (Å²) in [5, 5.41) is 15.4. The Hall–Kier alpha value is -1.30. The molecule has 0 unspecified atom stereocenters. The maximum atomic E-state index is 8.63. The summed E-state index contributed by atoms with van der Waals surface area (Å²) in [4.78, 5) is 0. The number of rotatable bonds is 2. The highest BCUT2D eigenvalue weighted by molar-refractivity contribution is 5.34. The third-order valence-electron chi connectivity index (χ3n) is 1.77. The number of nitrogens with zero attached hydrogens (tertiary/aromatic N) is 2. The second kappa shape index (κ2) is 3.20. The highest BCUT2D eigenvalue weighted by Crippen LogP contribution is 2.11. The fourth-order valence-electron chi connectivity index (χ4n) is 1.17. The predicted octanol–water partition coefficient (Wildman–Crippen LogP) is 1.41. The van der Waals surface area contributed by atoms with Gasteiger partial charge in [-0.2, -0.15) is 10.4 Å². The summed E-state index contributed by atoms with van der Waals surface area (Å²) >= 11 is 0. The van der Waals surface area contributed by atoms with Crippen LogP contribution in [0.1, 0.15) is 30.8 Å². The topological polar surface area (TPSA) is 52.5 Å². The van der Waals surface area contributed by atoms with Gasteiger partial charge in [-0.15, -0.1) is 0 Å². The molecule has 0 fully saturated rings. The Balaban J connectivity index is 3.12. The van der Waals surface area contributed by atoms with Gasteiger partial charge in [0.05, 0.1) is 0 Å². The zero-order valence-electron chi connectivity index (χ0n) is 6.81. The maximum absolute atomic E-state index is 8.63. The summed E-state index contributed by atoms with van der Waals surface area (Å²) in [7, 11) is 0. The molecule has 0 spiro atoms. The summed E-state index contributed by atoms with van der Waals surface area (Å²) in [6.07, 6.45) is 1.79. The van der Waals surface area contributed by atoms with Gasteiger partial charge in [0.15, 0.2) is 5.69 Å². The van der Waals surface area contributed by atoms with Crippen LogP contribution in [0, 0.1) is 11.3 Å². The molecule has 3 heteroatoms. The second-order valence-electron chi connectivity index (χ2n) is 2.35. The lowest BCUT2D eigenvalue weighted by Crippen LogP contribution is -1.88. The molecule has 1 aromatic rings. The molecule has 0 bridgehead atoms. The predicted molar refractivity (Wildman–Crippen MR) is 42.1 cm³/mol. The zero-order valence-corrected chi connectivity index (χ0v) is 6.81. The number of hydrogen-bond donors (Lipinski definition) is 1. The van der Waals surface area contributed by atoms with Crippen LogP contribution in [0.2, 0.25) is 0 Å². The molecular weight excluding hydrogens is 138 g/mol. The standard InChI is InChI=1S/C8H11N3/c1-3-6-7(4-2)10-11-8(6)5-9/h3-4H2,1-2H3,(H,10,11). The fraction of sp³-hybridized carbons (Fsp3) is 0.500. The second-order valence-corrected chi connectivity index (χ2v) is 2.35. The summed E-state index contributed by atoms with van der Waals surface area (Å²) in [6, 6.07) is 2.06. The first-order valence-corrected chi connectivity index (χ1v) is 3.79. The molecule has 0 amide bonds. The van der Waals surface area contributed by atoms with Gasteiger partial charge in [0.1, 0.15) is 6.07 Å². The Morgan fingerprint density at radius 2 is 2.18 bits per heavy atom. The molecular formula is C8H11N3. The maximum Gasteiger partial charge on any atom is 0.165 e. The number of aryl methyl sites for hydroxylation is 1. The molecule has 0 saturated carbocycles. The molecule has 11 heavy (non-hydrogen) atoms. The van der Waals surface area contributed by atoms with Crippen LogP contribution in [0.3, 0.4) is 0 Å². The van der Waals surface area contributed by atoms with Crippen LogP contribution in [-0.4, -0.2) is 10.2 Å². The summed E-state index contributed by atoms with van der Waals surface area (Å²) < 4.78 is 0. The van der Waals surface area contributed by atoms with Gasteiger partial charge in [-0.3, -0.25) is 5.10 Å². The van der Waals surface area contributed by atoms with Crippen molar-refractivity contribution in [2.45, 2.75) is 26.7 Å². The summed E-state index contributed by atoms with van der Waals surface area (Å²) in [5.74, 6) is 0. The van der Waals surface area contributed by atoms with Gasteiger partial charge in [0, 0.05) is 11.3 Å². The molecule has 1 heterocycles. The zero-order chi connectivity index (χ0) is 8.27. The molecule has 0 radical (unpaired) electrons. The van der Waals surface area contributed by atoms with Gasteiger partial charge in [0.25, 0.3) is 0 Å². The van der Waals surface area contributed by atoms with E-state index in [1.807, 2.05) is 13.8 Å². The van der Waals surface area contributed by atoms with Gasteiger partial charge in [-0.05, 0) is 12.8 Å². The van der Waals surface area contributed by atoms with E-state index in [1.54, 1.807) is 0 Å². The molecule has 1 aromatic heterocycles.